The Kier molecular flexibility index (Phi) is 3.63. The molecule has 3 rings (SSSR count). The average Bonchev–Trinajstić information content (AvgIpc) is 3.12. The average molecular weight is 278 g/mol. The largest absolute Gasteiger partial charge is 0.337 e. The number of hydrogen-bond donors (Lipinski definition) is 2. The Bertz CT molecular complexity index is 487. The lowest BCUT2D eigenvalue weighted by Crippen LogP contribution is -2.45. The fourth-order valence-electron chi connectivity index (χ4n) is 3.84. The highest BCUT2D eigenvalue weighted by molar-refractivity contribution is 5.74. The molecule has 4 unspecified atom stereocenters. The summed E-state index contributed by atoms with van der Waals surface area (Å²) in [4.78, 5) is 15.9. The molecule has 6 nitrogen and oxygen atoms in total. The van der Waals surface area contributed by atoms with Crippen LogP contribution in [-0.4, -0.2) is 22.2 Å². The molecule has 110 valence electrons. The van der Waals surface area contributed by atoms with E-state index < -0.39 is 0 Å². The van der Waals surface area contributed by atoms with Gasteiger partial charge in [-0.1, -0.05) is 11.6 Å². The summed E-state index contributed by atoms with van der Waals surface area (Å²) in [5.41, 5.74) is 0. The maximum Gasteiger partial charge on any atom is 0.315 e. The second kappa shape index (κ2) is 5.42. The van der Waals surface area contributed by atoms with Gasteiger partial charge in [0.25, 0.3) is 0 Å². The van der Waals surface area contributed by atoms with Crippen LogP contribution in [0.5, 0.6) is 0 Å². The molecule has 6 heteroatoms. The highest BCUT2D eigenvalue weighted by Gasteiger charge is 2.42. The number of urea groups is 1. The molecule has 1 heterocycles. The SMILES string of the molecule is Cc1noc(CNC(=O)NC(C)C2CC3CCC2C3)n1. The maximum absolute atomic E-state index is 11.9. The molecule has 20 heavy (non-hydrogen) atoms. The zero-order valence-electron chi connectivity index (χ0n) is 12.1. The van der Waals surface area contributed by atoms with Crippen molar-refractivity contribution in [1.29, 1.82) is 0 Å². The molecule has 0 radical (unpaired) electrons. The van der Waals surface area contributed by atoms with Crippen molar-refractivity contribution >= 4 is 6.03 Å². The minimum absolute atomic E-state index is 0.156. The number of aryl methyl sites for hydroxylation is 1. The zero-order chi connectivity index (χ0) is 14.1. The van der Waals surface area contributed by atoms with Crippen LogP contribution in [0.2, 0.25) is 0 Å². The summed E-state index contributed by atoms with van der Waals surface area (Å²) in [7, 11) is 0. The predicted octanol–water partition coefficient (Wildman–Crippen LogP) is 2.00. The van der Waals surface area contributed by atoms with Gasteiger partial charge in [-0.05, 0) is 50.9 Å². The first-order valence-corrected chi connectivity index (χ1v) is 7.45. The van der Waals surface area contributed by atoms with Crippen molar-refractivity contribution in [3.8, 4) is 0 Å². The number of amides is 2. The number of nitrogens with zero attached hydrogens (tertiary/aromatic N) is 2. The van der Waals surface area contributed by atoms with Crippen LogP contribution in [0.25, 0.3) is 0 Å². The Labute approximate surface area is 118 Å². The number of rotatable bonds is 4. The van der Waals surface area contributed by atoms with Crippen LogP contribution in [0.4, 0.5) is 4.79 Å². The number of aromatic nitrogens is 2. The summed E-state index contributed by atoms with van der Waals surface area (Å²) in [6.07, 6.45) is 5.36. The van der Waals surface area contributed by atoms with Gasteiger partial charge in [0.05, 0.1) is 6.54 Å². The van der Waals surface area contributed by atoms with Gasteiger partial charge in [0.2, 0.25) is 5.89 Å². The van der Waals surface area contributed by atoms with Crippen molar-refractivity contribution in [2.45, 2.75) is 52.1 Å². The van der Waals surface area contributed by atoms with Gasteiger partial charge in [0, 0.05) is 6.04 Å². The van der Waals surface area contributed by atoms with E-state index in [9.17, 15) is 4.79 Å². The fraction of sp³-hybridized carbons (Fsp3) is 0.786. The number of carbonyl (C=O) groups is 1. The molecule has 4 atom stereocenters. The standard InChI is InChI=1S/C14H22N4O2/c1-8(12-6-10-3-4-11(12)5-10)16-14(19)15-7-13-17-9(2)18-20-13/h8,10-12H,3-7H2,1-2H3,(H2,15,16,19). The van der Waals surface area contributed by atoms with Gasteiger partial charge in [-0.3, -0.25) is 0 Å². The fourth-order valence-corrected chi connectivity index (χ4v) is 3.84. The van der Waals surface area contributed by atoms with E-state index in [2.05, 4.69) is 27.7 Å². The normalized spacial score (nSPS) is 29.4. The molecule has 0 saturated heterocycles. The molecule has 2 fully saturated rings. The Morgan fingerprint density at radius 1 is 1.45 bits per heavy atom. The smallest absolute Gasteiger partial charge is 0.315 e. The molecular formula is C14H22N4O2. The first kappa shape index (κ1) is 13.4. The molecule has 1 aromatic heterocycles. The molecule has 2 bridgehead atoms. The first-order valence-electron chi connectivity index (χ1n) is 7.45. The van der Waals surface area contributed by atoms with Gasteiger partial charge < -0.3 is 15.2 Å². The minimum atomic E-state index is -0.156. The molecule has 0 spiro atoms. The van der Waals surface area contributed by atoms with Crippen molar-refractivity contribution in [3.63, 3.8) is 0 Å². The molecule has 0 aliphatic heterocycles. The topological polar surface area (TPSA) is 80.0 Å². The van der Waals surface area contributed by atoms with Crippen LogP contribution in [0, 0.1) is 24.7 Å². The highest BCUT2D eigenvalue weighted by Crippen LogP contribution is 2.49. The monoisotopic (exact) mass is 278 g/mol. The van der Waals surface area contributed by atoms with Crippen molar-refractivity contribution in [1.82, 2.24) is 20.8 Å². The van der Waals surface area contributed by atoms with E-state index in [4.69, 9.17) is 4.52 Å². The number of hydrogen-bond acceptors (Lipinski definition) is 4. The van der Waals surface area contributed by atoms with Crippen molar-refractivity contribution in [2.75, 3.05) is 0 Å². The highest BCUT2D eigenvalue weighted by atomic mass is 16.5. The summed E-state index contributed by atoms with van der Waals surface area (Å²) in [5, 5.41) is 9.49. The lowest BCUT2D eigenvalue weighted by atomic mass is 9.84. The Balaban J connectivity index is 1.44. The van der Waals surface area contributed by atoms with Gasteiger partial charge >= 0.3 is 6.03 Å². The van der Waals surface area contributed by atoms with E-state index in [1.54, 1.807) is 6.92 Å². The summed E-state index contributed by atoms with van der Waals surface area (Å²) in [5.74, 6) is 3.38. The predicted molar refractivity (Wildman–Crippen MR) is 72.8 cm³/mol. The van der Waals surface area contributed by atoms with E-state index >= 15 is 0 Å². The second-order valence-electron chi connectivity index (χ2n) is 6.19. The van der Waals surface area contributed by atoms with E-state index in [0.29, 0.717) is 17.6 Å². The number of carbonyl (C=O) groups excluding carboxylic acids is 1. The Hall–Kier alpha value is -1.59. The van der Waals surface area contributed by atoms with Crippen LogP contribution >= 0.6 is 0 Å². The van der Waals surface area contributed by atoms with Gasteiger partial charge in [0.1, 0.15) is 0 Å². The number of nitrogens with one attached hydrogen (secondary N) is 2. The molecule has 2 N–H and O–H groups in total. The molecule has 2 saturated carbocycles. The Morgan fingerprint density at radius 3 is 2.90 bits per heavy atom. The van der Waals surface area contributed by atoms with Crippen molar-refractivity contribution < 1.29 is 9.32 Å². The molecule has 2 aliphatic rings. The maximum atomic E-state index is 11.9. The molecule has 0 aromatic carbocycles. The number of fused-ring (bicyclic) bond motifs is 2. The summed E-state index contributed by atoms with van der Waals surface area (Å²) < 4.78 is 4.96. The minimum Gasteiger partial charge on any atom is -0.337 e. The molecular weight excluding hydrogens is 256 g/mol. The third kappa shape index (κ3) is 2.78. The van der Waals surface area contributed by atoms with Crippen LogP contribution < -0.4 is 10.6 Å². The van der Waals surface area contributed by atoms with Crippen LogP contribution in [0.15, 0.2) is 4.52 Å². The van der Waals surface area contributed by atoms with E-state index in [-0.39, 0.29) is 18.6 Å². The third-order valence-corrected chi connectivity index (χ3v) is 4.76. The lowest BCUT2D eigenvalue weighted by Gasteiger charge is -2.28. The third-order valence-electron chi connectivity index (χ3n) is 4.76. The van der Waals surface area contributed by atoms with Gasteiger partial charge in [-0.2, -0.15) is 4.98 Å². The van der Waals surface area contributed by atoms with Crippen LogP contribution in [0.1, 0.15) is 44.3 Å². The van der Waals surface area contributed by atoms with Crippen LogP contribution in [0.3, 0.4) is 0 Å². The quantitative estimate of drug-likeness (QED) is 0.882. The van der Waals surface area contributed by atoms with Gasteiger partial charge in [0.15, 0.2) is 5.82 Å². The Morgan fingerprint density at radius 2 is 2.30 bits per heavy atom. The molecule has 2 amide bonds. The van der Waals surface area contributed by atoms with Crippen molar-refractivity contribution in [2.24, 2.45) is 17.8 Å². The van der Waals surface area contributed by atoms with Crippen LogP contribution in [-0.2, 0) is 6.54 Å². The lowest BCUT2D eigenvalue weighted by molar-refractivity contribution is 0.218. The molecule has 2 aliphatic carbocycles. The zero-order valence-corrected chi connectivity index (χ0v) is 12.1. The van der Waals surface area contributed by atoms with Crippen molar-refractivity contribution in [3.05, 3.63) is 11.7 Å². The molecule has 1 aromatic rings. The van der Waals surface area contributed by atoms with E-state index in [1.807, 2.05) is 0 Å². The summed E-state index contributed by atoms with van der Waals surface area (Å²) in [6.45, 7) is 4.14. The van der Waals surface area contributed by atoms with E-state index in [0.717, 1.165) is 11.8 Å². The van der Waals surface area contributed by atoms with E-state index in [1.165, 1.54) is 25.7 Å². The summed E-state index contributed by atoms with van der Waals surface area (Å²) >= 11 is 0. The first-order chi connectivity index (χ1) is 9.61. The second-order valence-corrected chi connectivity index (χ2v) is 6.19. The summed E-state index contributed by atoms with van der Waals surface area (Å²) in [6, 6.07) is 0.0749. The van der Waals surface area contributed by atoms with Gasteiger partial charge in [-0.25, -0.2) is 4.79 Å². The van der Waals surface area contributed by atoms with Gasteiger partial charge in [-0.15, -0.1) is 0 Å².